The number of aliphatic hydroxyl groups excluding tert-OH is 1. The standard InChI is InChI=1S/C13H23NO2/c1-13(2,3)11-6-8-14(9-7-11)12(16)5-4-10-15/h6,15H,4-5,7-10H2,1-3H3. The Balaban J connectivity index is 2.48. The van der Waals surface area contributed by atoms with Gasteiger partial charge in [-0.15, -0.1) is 0 Å². The molecule has 1 amide bonds. The quantitative estimate of drug-likeness (QED) is 0.746. The minimum atomic E-state index is 0.0999. The molecular formula is C13H23NO2. The average molecular weight is 225 g/mol. The Bertz CT molecular complexity index is 276. The highest BCUT2D eigenvalue weighted by molar-refractivity contribution is 5.76. The molecule has 0 fully saturated rings. The van der Waals surface area contributed by atoms with E-state index in [4.69, 9.17) is 5.11 Å². The molecule has 0 atom stereocenters. The maximum atomic E-state index is 11.7. The first-order valence-corrected chi connectivity index (χ1v) is 6.03. The first-order chi connectivity index (χ1) is 7.45. The second kappa shape index (κ2) is 5.48. The zero-order valence-electron chi connectivity index (χ0n) is 10.6. The molecule has 0 saturated heterocycles. The molecule has 1 aliphatic heterocycles. The number of carbonyl (C=O) groups excluding carboxylic acids is 1. The van der Waals surface area contributed by atoms with E-state index < -0.39 is 0 Å². The van der Waals surface area contributed by atoms with Gasteiger partial charge in [-0.25, -0.2) is 0 Å². The Labute approximate surface area is 98.1 Å². The molecule has 3 heteroatoms. The van der Waals surface area contributed by atoms with Crippen LogP contribution in [0, 0.1) is 5.41 Å². The first-order valence-electron chi connectivity index (χ1n) is 6.03. The van der Waals surface area contributed by atoms with E-state index in [1.54, 1.807) is 0 Å². The number of rotatable bonds is 3. The average Bonchev–Trinajstić information content (AvgIpc) is 2.25. The highest BCUT2D eigenvalue weighted by Gasteiger charge is 2.23. The van der Waals surface area contributed by atoms with Crippen LogP contribution in [-0.2, 0) is 4.79 Å². The van der Waals surface area contributed by atoms with Crippen LogP contribution >= 0.6 is 0 Å². The molecule has 1 N–H and O–H groups in total. The van der Waals surface area contributed by atoms with Gasteiger partial charge in [0.2, 0.25) is 5.91 Å². The van der Waals surface area contributed by atoms with Crippen LogP contribution in [0.4, 0.5) is 0 Å². The molecule has 0 aromatic rings. The molecule has 0 aromatic carbocycles. The summed E-state index contributed by atoms with van der Waals surface area (Å²) in [5, 5.41) is 8.68. The first kappa shape index (κ1) is 13.2. The van der Waals surface area contributed by atoms with Gasteiger partial charge < -0.3 is 10.0 Å². The number of carbonyl (C=O) groups is 1. The summed E-state index contributed by atoms with van der Waals surface area (Å²) in [6, 6.07) is 0. The van der Waals surface area contributed by atoms with Crippen LogP contribution in [0.5, 0.6) is 0 Å². The predicted molar refractivity (Wildman–Crippen MR) is 65.1 cm³/mol. The smallest absolute Gasteiger partial charge is 0.222 e. The molecule has 0 unspecified atom stereocenters. The largest absolute Gasteiger partial charge is 0.396 e. The Hall–Kier alpha value is -0.830. The van der Waals surface area contributed by atoms with Crippen molar-refractivity contribution < 1.29 is 9.90 Å². The van der Waals surface area contributed by atoms with E-state index in [1.165, 1.54) is 5.57 Å². The van der Waals surface area contributed by atoms with Gasteiger partial charge in [-0.2, -0.15) is 0 Å². The third-order valence-electron chi connectivity index (χ3n) is 3.07. The van der Waals surface area contributed by atoms with Gasteiger partial charge in [0.05, 0.1) is 0 Å². The maximum absolute atomic E-state index is 11.7. The summed E-state index contributed by atoms with van der Waals surface area (Å²) in [6.45, 7) is 8.29. The highest BCUT2D eigenvalue weighted by atomic mass is 16.3. The number of hydrogen-bond donors (Lipinski definition) is 1. The third-order valence-corrected chi connectivity index (χ3v) is 3.07. The Morgan fingerprint density at radius 1 is 1.50 bits per heavy atom. The molecule has 0 aromatic heterocycles. The predicted octanol–water partition coefficient (Wildman–Crippen LogP) is 1.96. The molecule has 16 heavy (non-hydrogen) atoms. The summed E-state index contributed by atoms with van der Waals surface area (Å²) < 4.78 is 0. The van der Waals surface area contributed by atoms with Crippen molar-refractivity contribution in [1.82, 2.24) is 4.90 Å². The number of aliphatic hydroxyl groups is 1. The molecule has 1 heterocycles. The van der Waals surface area contributed by atoms with Crippen LogP contribution in [0.15, 0.2) is 11.6 Å². The van der Waals surface area contributed by atoms with E-state index in [-0.39, 0.29) is 17.9 Å². The van der Waals surface area contributed by atoms with Crippen molar-refractivity contribution >= 4 is 5.91 Å². The molecule has 1 aliphatic rings. The molecule has 0 spiro atoms. The monoisotopic (exact) mass is 225 g/mol. The normalized spacial score (nSPS) is 17.2. The summed E-state index contributed by atoms with van der Waals surface area (Å²) in [7, 11) is 0. The zero-order chi connectivity index (χ0) is 12.2. The lowest BCUT2D eigenvalue weighted by molar-refractivity contribution is -0.131. The van der Waals surface area contributed by atoms with Crippen LogP contribution in [0.3, 0.4) is 0 Å². The fraction of sp³-hybridized carbons (Fsp3) is 0.769. The maximum Gasteiger partial charge on any atom is 0.222 e. The van der Waals surface area contributed by atoms with Gasteiger partial charge in [0.25, 0.3) is 0 Å². The fourth-order valence-corrected chi connectivity index (χ4v) is 1.97. The van der Waals surface area contributed by atoms with Crippen LogP contribution in [-0.4, -0.2) is 35.6 Å². The molecule has 0 aliphatic carbocycles. The van der Waals surface area contributed by atoms with Crippen molar-refractivity contribution in [1.29, 1.82) is 0 Å². The Morgan fingerprint density at radius 3 is 2.62 bits per heavy atom. The Kier molecular flexibility index (Phi) is 4.54. The van der Waals surface area contributed by atoms with Crippen LogP contribution in [0.1, 0.15) is 40.0 Å². The molecule has 1 rings (SSSR count). The van der Waals surface area contributed by atoms with Crippen molar-refractivity contribution in [2.45, 2.75) is 40.0 Å². The lowest BCUT2D eigenvalue weighted by Gasteiger charge is -2.32. The minimum absolute atomic E-state index is 0.0999. The van der Waals surface area contributed by atoms with Crippen molar-refractivity contribution in [3.63, 3.8) is 0 Å². The van der Waals surface area contributed by atoms with Gasteiger partial charge in [-0.1, -0.05) is 32.4 Å². The lowest BCUT2D eigenvalue weighted by atomic mass is 9.83. The Morgan fingerprint density at radius 2 is 2.19 bits per heavy atom. The number of hydrogen-bond acceptors (Lipinski definition) is 2. The van der Waals surface area contributed by atoms with E-state index in [1.807, 2.05) is 4.90 Å². The van der Waals surface area contributed by atoms with E-state index in [2.05, 4.69) is 26.8 Å². The van der Waals surface area contributed by atoms with E-state index >= 15 is 0 Å². The van der Waals surface area contributed by atoms with Gasteiger partial charge in [0.15, 0.2) is 0 Å². The minimum Gasteiger partial charge on any atom is -0.396 e. The topological polar surface area (TPSA) is 40.5 Å². The van der Waals surface area contributed by atoms with Gasteiger partial charge in [0, 0.05) is 26.1 Å². The van der Waals surface area contributed by atoms with Crippen LogP contribution in [0.2, 0.25) is 0 Å². The molecule has 0 radical (unpaired) electrons. The molecule has 0 bridgehead atoms. The van der Waals surface area contributed by atoms with Gasteiger partial charge in [-0.3, -0.25) is 4.79 Å². The van der Waals surface area contributed by atoms with Crippen LogP contribution in [0.25, 0.3) is 0 Å². The molecular weight excluding hydrogens is 202 g/mol. The van der Waals surface area contributed by atoms with E-state index in [0.29, 0.717) is 12.8 Å². The van der Waals surface area contributed by atoms with E-state index in [0.717, 1.165) is 19.5 Å². The van der Waals surface area contributed by atoms with Gasteiger partial charge in [-0.05, 0) is 18.3 Å². The van der Waals surface area contributed by atoms with Crippen molar-refractivity contribution in [2.24, 2.45) is 5.41 Å². The highest BCUT2D eigenvalue weighted by Crippen LogP contribution is 2.30. The second-order valence-electron chi connectivity index (χ2n) is 5.40. The summed E-state index contributed by atoms with van der Waals surface area (Å²) in [4.78, 5) is 13.6. The SMILES string of the molecule is CC(C)(C)C1=CCN(C(=O)CCCO)CC1. The van der Waals surface area contributed by atoms with Crippen LogP contribution < -0.4 is 0 Å². The summed E-state index contributed by atoms with van der Waals surface area (Å²) in [5.41, 5.74) is 1.67. The van der Waals surface area contributed by atoms with E-state index in [9.17, 15) is 4.79 Å². The van der Waals surface area contributed by atoms with Gasteiger partial charge >= 0.3 is 0 Å². The fourth-order valence-electron chi connectivity index (χ4n) is 1.97. The number of nitrogens with zero attached hydrogens (tertiary/aromatic N) is 1. The lowest BCUT2D eigenvalue weighted by Crippen LogP contribution is -2.36. The van der Waals surface area contributed by atoms with Crippen molar-refractivity contribution in [3.05, 3.63) is 11.6 Å². The summed E-state index contributed by atoms with van der Waals surface area (Å²) in [5.74, 6) is 0.165. The van der Waals surface area contributed by atoms with Gasteiger partial charge in [0.1, 0.15) is 0 Å². The van der Waals surface area contributed by atoms with Crippen molar-refractivity contribution in [3.8, 4) is 0 Å². The second-order valence-corrected chi connectivity index (χ2v) is 5.40. The third kappa shape index (κ3) is 3.63. The summed E-state index contributed by atoms with van der Waals surface area (Å²) in [6.07, 6.45) is 4.20. The zero-order valence-corrected chi connectivity index (χ0v) is 10.6. The van der Waals surface area contributed by atoms with Crippen molar-refractivity contribution in [2.75, 3.05) is 19.7 Å². The number of amides is 1. The molecule has 0 saturated carbocycles. The molecule has 92 valence electrons. The molecule has 3 nitrogen and oxygen atoms in total. The summed E-state index contributed by atoms with van der Waals surface area (Å²) >= 11 is 0.